The summed E-state index contributed by atoms with van der Waals surface area (Å²) in [4.78, 5) is 27.1. The Bertz CT molecular complexity index is 1180. The van der Waals surface area contributed by atoms with E-state index in [4.69, 9.17) is 0 Å². The smallest absolute Gasteiger partial charge is 0.223 e. The molecule has 1 atom stereocenters. The van der Waals surface area contributed by atoms with Crippen molar-refractivity contribution in [3.8, 4) is 11.3 Å². The second-order valence-corrected chi connectivity index (χ2v) is 8.58. The number of carbonyl (C=O) groups is 2. The van der Waals surface area contributed by atoms with Crippen LogP contribution in [-0.4, -0.2) is 22.7 Å². The highest BCUT2D eigenvalue weighted by Crippen LogP contribution is 2.48. The van der Waals surface area contributed by atoms with E-state index < -0.39 is 11.6 Å². The van der Waals surface area contributed by atoms with Gasteiger partial charge in [-0.15, -0.1) is 0 Å². The highest BCUT2D eigenvalue weighted by atomic mass is 19.1. The van der Waals surface area contributed by atoms with Gasteiger partial charge in [0.05, 0.1) is 11.2 Å². The molecule has 4 nitrogen and oxygen atoms in total. The Labute approximate surface area is 176 Å². The van der Waals surface area contributed by atoms with Gasteiger partial charge in [0.25, 0.3) is 0 Å². The van der Waals surface area contributed by atoms with Crippen LogP contribution in [0.4, 0.5) is 13.2 Å². The van der Waals surface area contributed by atoms with Crippen LogP contribution in [0.2, 0.25) is 0 Å². The van der Waals surface area contributed by atoms with Gasteiger partial charge in [0, 0.05) is 36.3 Å². The van der Waals surface area contributed by atoms with Gasteiger partial charge in [-0.3, -0.25) is 9.59 Å². The Kier molecular flexibility index (Phi) is 4.84. The van der Waals surface area contributed by atoms with Crippen molar-refractivity contribution in [1.82, 2.24) is 10.3 Å². The third-order valence-electron chi connectivity index (χ3n) is 6.51. The Hall–Kier alpha value is -3.09. The number of benzene rings is 2. The lowest BCUT2D eigenvalue weighted by Gasteiger charge is -2.35. The molecule has 1 amide bonds. The number of H-pyrrole nitrogens is 1. The van der Waals surface area contributed by atoms with Gasteiger partial charge in [0.15, 0.2) is 0 Å². The number of hydrogen-bond donors (Lipinski definition) is 2. The van der Waals surface area contributed by atoms with Crippen molar-refractivity contribution in [2.24, 2.45) is 5.92 Å². The Morgan fingerprint density at radius 1 is 1.03 bits per heavy atom. The molecule has 0 spiro atoms. The summed E-state index contributed by atoms with van der Waals surface area (Å²) in [5.41, 5.74) is 2.24. The van der Waals surface area contributed by atoms with E-state index in [1.54, 1.807) is 12.1 Å². The first-order valence-corrected chi connectivity index (χ1v) is 10.5. The highest BCUT2D eigenvalue weighted by Gasteiger charge is 2.39. The summed E-state index contributed by atoms with van der Waals surface area (Å²) in [6, 6.07) is 7.87. The molecule has 2 N–H and O–H groups in total. The van der Waals surface area contributed by atoms with E-state index in [9.17, 15) is 22.8 Å². The minimum Gasteiger partial charge on any atom is -0.353 e. The van der Waals surface area contributed by atoms with Gasteiger partial charge < -0.3 is 10.3 Å². The van der Waals surface area contributed by atoms with E-state index in [0.29, 0.717) is 48.7 Å². The predicted molar refractivity (Wildman–Crippen MR) is 110 cm³/mol. The number of aromatic nitrogens is 1. The van der Waals surface area contributed by atoms with Crippen molar-refractivity contribution in [3.05, 3.63) is 59.4 Å². The summed E-state index contributed by atoms with van der Waals surface area (Å²) in [5.74, 6) is -1.91. The molecule has 31 heavy (non-hydrogen) atoms. The molecule has 160 valence electrons. The van der Waals surface area contributed by atoms with Gasteiger partial charge in [-0.25, -0.2) is 13.2 Å². The SMILES string of the molecule is O=C1CC[C@@H](NC(=O)[C@H]2C[C@H](c3c(-c4ccc(F)cc4)[nH]c4c(F)cc(F)cc43)C2)C1. The molecular weight excluding hydrogens is 405 g/mol. The molecule has 0 bridgehead atoms. The molecule has 7 heteroatoms. The van der Waals surface area contributed by atoms with Crippen LogP contribution in [0.5, 0.6) is 0 Å². The molecule has 2 aliphatic carbocycles. The summed E-state index contributed by atoms with van der Waals surface area (Å²) in [7, 11) is 0. The lowest BCUT2D eigenvalue weighted by Crippen LogP contribution is -2.42. The molecule has 2 aromatic carbocycles. The molecule has 5 rings (SSSR count). The zero-order valence-corrected chi connectivity index (χ0v) is 16.7. The van der Waals surface area contributed by atoms with Crippen LogP contribution in [0.25, 0.3) is 22.2 Å². The molecule has 1 aromatic heterocycles. The molecule has 1 heterocycles. The zero-order chi connectivity index (χ0) is 21.7. The van der Waals surface area contributed by atoms with Crippen LogP contribution in [-0.2, 0) is 9.59 Å². The predicted octanol–water partition coefficient (Wildman–Crippen LogP) is 4.98. The molecule has 2 saturated carbocycles. The second kappa shape index (κ2) is 7.55. The van der Waals surface area contributed by atoms with Crippen molar-refractivity contribution >= 4 is 22.6 Å². The summed E-state index contributed by atoms with van der Waals surface area (Å²) in [6.45, 7) is 0. The van der Waals surface area contributed by atoms with Crippen molar-refractivity contribution in [2.45, 2.75) is 44.1 Å². The monoisotopic (exact) mass is 426 g/mol. The fourth-order valence-corrected chi connectivity index (χ4v) is 4.83. The van der Waals surface area contributed by atoms with E-state index >= 15 is 0 Å². The van der Waals surface area contributed by atoms with E-state index in [-0.39, 0.29) is 40.9 Å². The third-order valence-corrected chi connectivity index (χ3v) is 6.51. The summed E-state index contributed by atoms with van der Waals surface area (Å²) < 4.78 is 41.8. The van der Waals surface area contributed by atoms with Crippen LogP contribution in [0.15, 0.2) is 36.4 Å². The molecule has 0 aliphatic heterocycles. The van der Waals surface area contributed by atoms with Crippen LogP contribution < -0.4 is 5.32 Å². The van der Waals surface area contributed by atoms with Gasteiger partial charge in [-0.1, -0.05) is 0 Å². The maximum absolute atomic E-state index is 14.4. The Balaban J connectivity index is 1.44. The molecule has 2 fully saturated rings. The average molecular weight is 426 g/mol. The summed E-state index contributed by atoms with van der Waals surface area (Å²) in [6.07, 6.45) is 2.66. The maximum Gasteiger partial charge on any atom is 0.223 e. The van der Waals surface area contributed by atoms with Gasteiger partial charge in [-0.05, 0) is 66.6 Å². The summed E-state index contributed by atoms with van der Waals surface area (Å²) >= 11 is 0. The van der Waals surface area contributed by atoms with Crippen LogP contribution in [0.1, 0.15) is 43.6 Å². The first kappa shape index (κ1) is 19.8. The van der Waals surface area contributed by atoms with Crippen molar-refractivity contribution in [2.75, 3.05) is 0 Å². The molecule has 2 aliphatic rings. The molecule has 0 saturated heterocycles. The fraction of sp³-hybridized carbons (Fsp3) is 0.333. The summed E-state index contributed by atoms with van der Waals surface area (Å²) in [5, 5.41) is 3.40. The van der Waals surface area contributed by atoms with Crippen molar-refractivity contribution < 1.29 is 22.8 Å². The quantitative estimate of drug-likeness (QED) is 0.618. The minimum atomic E-state index is -0.691. The number of halogens is 3. The maximum atomic E-state index is 14.4. The zero-order valence-electron chi connectivity index (χ0n) is 16.7. The lowest BCUT2D eigenvalue weighted by atomic mass is 9.69. The second-order valence-electron chi connectivity index (χ2n) is 8.58. The first-order chi connectivity index (χ1) is 14.9. The molecular formula is C24H21F3N2O2. The lowest BCUT2D eigenvalue weighted by molar-refractivity contribution is -0.128. The number of amides is 1. The standard InChI is InChI=1S/C24H21F3N2O2/c25-15-3-1-12(2-4-15)22-21(19-9-16(26)10-20(27)23(19)29-22)13-7-14(8-13)24(31)28-17-5-6-18(30)11-17/h1-4,9-10,13-14,17,29H,5-8,11H2,(H,28,31)/t13-,14-,17-/m1/s1. The molecule has 3 aromatic rings. The van der Waals surface area contributed by atoms with Crippen LogP contribution >= 0.6 is 0 Å². The number of rotatable bonds is 4. The van der Waals surface area contributed by atoms with E-state index in [1.165, 1.54) is 18.2 Å². The number of aromatic amines is 1. The van der Waals surface area contributed by atoms with Crippen molar-refractivity contribution in [3.63, 3.8) is 0 Å². The minimum absolute atomic E-state index is 0.0593. The van der Waals surface area contributed by atoms with Gasteiger partial charge >= 0.3 is 0 Å². The number of nitrogens with one attached hydrogen (secondary N) is 2. The van der Waals surface area contributed by atoms with Crippen LogP contribution in [0.3, 0.4) is 0 Å². The molecule has 0 radical (unpaired) electrons. The van der Waals surface area contributed by atoms with E-state index in [1.807, 2.05) is 0 Å². The Morgan fingerprint density at radius 3 is 2.45 bits per heavy atom. The number of Topliss-reactive ketones (excluding diaryl/α,β-unsaturated/α-hetero) is 1. The normalized spacial score (nSPS) is 23.2. The number of hydrogen-bond acceptors (Lipinski definition) is 2. The number of carbonyl (C=O) groups excluding carboxylic acids is 2. The first-order valence-electron chi connectivity index (χ1n) is 10.5. The van der Waals surface area contributed by atoms with Crippen LogP contribution in [0, 0.1) is 23.4 Å². The number of ketones is 1. The topological polar surface area (TPSA) is 62.0 Å². The van der Waals surface area contributed by atoms with Gasteiger partial charge in [0.1, 0.15) is 23.2 Å². The van der Waals surface area contributed by atoms with Gasteiger partial charge in [0.2, 0.25) is 5.91 Å². The Morgan fingerprint density at radius 2 is 1.77 bits per heavy atom. The van der Waals surface area contributed by atoms with E-state index in [0.717, 1.165) is 11.6 Å². The molecule has 0 unspecified atom stereocenters. The number of fused-ring (bicyclic) bond motifs is 1. The van der Waals surface area contributed by atoms with Crippen molar-refractivity contribution in [1.29, 1.82) is 0 Å². The van der Waals surface area contributed by atoms with Gasteiger partial charge in [-0.2, -0.15) is 0 Å². The highest BCUT2D eigenvalue weighted by molar-refractivity contribution is 5.93. The van der Waals surface area contributed by atoms with E-state index in [2.05, 4.69) is 10.3 Å². The largest absolute Gasteiger partial charge is 0.353 e. The fourth-order valence-electron chi connectivity index (χ4n) is 4.83. The third kappa shape index (κ3) is 3.62. The average Bonchev–Trinajstić information content (AvgIpc) is 3.25.